The molecule has 0 aliphatic rings. The SMILES string of the molecule is CCCOc1cc(N(CC)CC(C)CC)c(N)cc1F. The standard InChI is InChI=1S/C16H27FN2O/c1-5-8-20-16-10-15(14(18)9-13(16)17)19(7-3)11-12(4)6-2/h9-10,12H,5-8,11,18H2,1-4H3. The molecule has 1 unspecified atom stereocenters. The van der Waals surface area contributed by atoms with E-state index in [0.29, 0.717) is 24.0 Å². The third-order valence-electron chi connectivity index (χ3n) is 3.49. The molecular formula is C16H27FN2O. The quantitative estimate of drug-likeness (QED) is 0.730. The molecule has 2 N–H and O–H groups in total. The molecule has 0 aliphatic carbocycles. The van der Waals surface area contributed by atoms with Crippen LogP contribution in [0.1, 0.15) is 40.5 Å². The molecule has 0 heterocycles. The molecule has 3 nitrogen and oxygen atoms in total. The summed E-state index contributed by atoms with van der Waals surface area (Å²) in [7, 11) is 0. The number of nitrogens with zero attached hydrogens (tertiary/aromatic N) is 1. The number of rotatable bonds is 8. The number of anilines is 2. The zero-order valence-electron chi connectivity index (χ0n) is 13.1. The number of hydrogen-bond donors (Lipinski definition) is 1. The van der Waals surface area contributed by atoms with Crippen molar-refractivity contribution in [3.63, 3.8) is 0 Å². The van der Waals surface area contributed by atoms with Gasteiger partial charge in [0.2, 0.25) is 0 Å². The van der Waals surface area contributed by atoms with Gasteiger partial charge in [0.1, 0.15) is 0 Å². The van der Waals surface area contributed by atoms with E-state index >= 15 is 0 Å². The summed E-state index contributed by atoms with van der Waals surface area (Å²) in [6.07, 6.45) is 1.96. The number of benzene rings is 1. The van der Waals surface area contributed by atoms with E-state index in [2.05, 4.69) is 25.7 Å². The lowest BCUT2D eigenvalue weighted by molar-refractivity contribution is 0.301. The lowest BCUT2D eigenvalue weighted by atomic mass is 10.1. The van der Waals surface area contributed by atoms with Crippen LogP contribution < -0.4 is 15.4 Å². The highest BCUT2D eigenvalue weighted by Crippen LogP contribution is 2.31. The van der Waals surface area contributed by atoms with Crippen LogP contribution in [0.15, 0.2) is 12.1 Å². The lowest BCUT2D eigenvalue weighted by Crippen LogP contribution is -2.28. The van der Waals surface area contributed by atoms with Crippen LogP contribution in [0.4, 0.5) is 15.8 Å². The maximum absolute atomic E-state index is 13.8. The van der Waals surface area contributed by atoms with Crippen LogP contribution in [-0.4, -0.2) is 19.7 Å². The first-order valence-electron chi connectivity index (χ1n) is 7.50. The third kappa shape index (κ3) is 4.29. The number of halogens is 1. The van der Waals surface area contributed by atoms with Gasteiger partial charge in [0, 0.05) is 25.2 Å². The van der Waals surface area contributed by atoms with Crippen molar-refractivity contribution in [1.82, 2.24) is 0 Å². The van der Waals surface area contributed by atoms with Gasteiger partial charge in [-0.25, -0.2) is 4.39 Å². The van der Waals surface area contributed by atoms with E-state index in [9.17, 15) is 4.39 Å². The molecule has 0 amide bonds. The van der Waals surface area contributed by atoms with E-state index in [-0.39, 0.29) is 5.82 Å². The van der Waals surface area contributed by atoms with Crippen LogP contribution in [0.2, 0.25) is 0 Å². The minimum absolute atomic E-state index is 0.290. The summed E-state index contributed by atoms with van der Waals surface area (Å²) in [6, 6.07) is 3.09. The molecule has 0 radical (unpaired) electrons. The Morgan fingerprint density at radius 3 is 2.55 bits per heavy atom. The topological polar surface area (TPSA) is 38.5 Å². The molecule has 0 fully saturated rings. The van der Waals surface area contributed by atoms with Gasteiger partial charge in [0.15, 0.2) is 11.6 Å². The zero-order chi connectivity index (χ0) is 15.1. The van der Waals surface area contributed by atoms with Gasteiger partial charge in [-0.3, -0.25) is 0 Å². The minimum Gasteiger partial charge on any atom is -0.490 e. The summed E-state index contributed by atoms with van der Waals surface area (Å²) >= 11 is 0. The fraction of sp³-hybridized carbons (Fsp3) is 0.625. The van der Waals surface area contributed by atoms with E-state index in [1.165, 1.54) is 6.07 Å². The van der Waals surface area contributed by atoms with Crippen molar-refractivity contribution in [3.05, 3.63) is 17.9 Å². The lowest BCUT2D eigenvalue weighted by Gasteiger charge is -2.28. The number of hydrogen-bond acceptors (Lipinski definition) is 3. The molecule has 0 saturated carbocycles. The highest BCUT2D eigenvalue weighted by molar-refractivity contribution is 5.70. The molecule has 1 atom stereocenters. The number of ether oxygens (including phenoxy) is 1. The summed E-state index contributed by atoms with van der Waals surface area (Å²) in [5.74, 6) is 0.470. The van der Waals surface area contributed by atoms with Gasteiger partial charge in [-0.05, 0) is 19.3 Å². The second-order valence-corrected chi connectivity index (χ2v) is 5.24. The Balaban J connectivity index is 3.01. The molecule has 0 saturated heterocycles. The summed E-state index contributed by atoms with van der Waals surface area (Å²) < 4.78 is 19.3. The first kappa shape index (κ1) is 16.6. The van der Waals surface area contributed by atoms with Gasteiger partial charge in [-0.15, -0.1) is 0 Å². The van der Waals surface area contributed by atoms with E-state index in [4.69, 9.17) is 10.5 Å². The van der Waals surface area contributed by atoms with Crippen LogP contribution in [0.3, 0.4) is 0 Å². The van der Waals surface area contributed by atoms with Gasteiger partial charge in [0.25, 0.3) is 0 Å². The van der Waals surface area contributed by atoms with E-state index in [0.717, 1.165) is 31.6 Å². The minimum atomic E-state index is -0.390. The Kier molecular flexibility index (Phi) is 6.62. The average molecular weight is 282 g/mol. The Hall–Kier alpha value is -1.45. The predicted octanol–water partition coefficient (Wildman–Crippen LogP) is 4.07. The largest absolute Gasteiger partial charge is 0.490 e. The maximum Gasteiger partial charge on any atom is 0.167 e. The third-order valence-corrected chi connectivity index (χ3v) is 3.49. The van der Waals surface area contributed by atoms with Crippen LogP contribution in [-0.2, 0) is 0 Å². The predicted molar refractivity (Wildman–Crippen MR) is 83.9 cm³/mol. The fourth-order valence-corrected chi connectivity index (χ4v) is 2.06. The molecule has 114 valence electrons. The van der Waals surface area contributed by atoms with E-state index in [1.807, 2.05) is 6.92 Å². The Morgan fingerprint density at radius 1 is 1.30 bits per heavy atom. The smallest absolute Gasteiger partial charge is 0.167 e. The molecule has 1 aromatic carbocycles. The van der Waals surface area contributed by atoms with Crippen molar-refractivity contribution < 1.29 is 9.13 Å². The van der Waals surface area contributed by atoms with Crippen LogP contribution in [0.5, 0.6) is 5.75 Å². The number of nitrogens with two attached hydrogens (primary N) is 1. The maximum atomic E-state index is 13.8. The van der Waals surface area contributed by atoms with Crippen molar-refractivity contribution in [1.29, 1.82) is 0 Å². The molecule has 1 rings (SSSR count). The van der Waals surface area contributed by atoms with Crippen LogP contribution >= 0.6 is 0 Å². The van der Waals surface area contributed by atoms with Crippen LogP contribution in [0, 0.1) is 11.7 Å². The van der Waals surface area contributed by atoms with Crippen molar-refractivity contribution >= 4 is 11.4 Å². The molecule has 0 spiro atoms. The second kappa shape index (κ2) is 7.98. The van der Waals surface area contributed by atoms with Gasteiger partial charge >= 0.3 is 0 Å². The molecule has 0 aliphatic heterocycles. The molecule has 0 bridgehead atoms. The normalized spacial score (nSPS) is 12.2. The molecule has 20 heavy (non-hydrogen) atoms. The summed E-state index contributed by atoms with van der Waals surface area (Å²) in [5, 5.41) is 0. The first-order valence-corrected chi connectivity index (χ1v) is 7.50. The number of nitrogen functional groups attached to an aromatic ring is 1. The Bertz CT molecular complexity index is 423. The van der Waals surface area contributed by atoms with Crippen molar-refractivity contribution in [2.45, 2.75) is 40.5 Å². The van der Waals surface area contributed by atoms with Gasteiger partial charge in [-0.2, -0.15) is 0 Å². The van der Waals surface area contributed by atoms with E-state index < -0.39 is 0 Å². The van der Waals surface area contributed by atoms with Crippen molar-refractivity contribution in [2.24, 2.45) is 5.92 Å². The van der Waals surface area contributed by atoms with Gasteiger partial charge in [-0.1, -0.05) is 27.2 Å². The van der Waals surface area contributed by atoms with E-state index in [1.54, 1.807) is 6.07 Å². The monoisotopic (exact) mass is 282 g/mol. The highest BCUT2D eigenvalue weighted by atomic mass is 19.1. The fourth-order valence-electron chi connectivity index (χ4n) is 2.06. The second-order valence-electron chi connectivity index (χ2n) is 5.24. The van der Waals surface area contributed by atoms with Crippen molar-refractivity contribution in [2.75, 3.05) is 30.3 Å². The first-order chi connectivity index (χ1) is 9.53. The Morgan fingerprint density at radius 2 is 2.00 bits per heavy atom. The van der Waals surface area contributed by atoms with Crippen molar-refractivity contribution in [3.8, 4) is 5.75 Å². The molecule has 4 heteroatoms. The average Bonchev–Trinajstić information content (AvgIpc) is 2.44. The summed E-state index contributed by atoms with van der Waals surface area (Å²) in [6.45, 7) is 10.7. The summed E-state index contributed by atoms with van der Waals surface area (Å²) in [5.41, 5.74) is 7.31. The van der Waals surface area contributed by atoms with Crippen LogP contribution in [0.25, 0.3) is 0 Å². The van der Waals surface area contributed by atoms with Gasteiger partial charge < -0.3 is 15.4 Å². The highest BCUT2D eigenvalue weighted by Gasteiger charge is 2.15. The molecule has 1 aromatic rings. The summed E-state index contributed by atoms with van der Waals surface area (Å²) in [4.78, 5) is 2.18. The molecule has 0 aromatic heterocycles. The molecular weight excluding hydrogens is 255 g/mol. The van der Waals surface area contributed by atoms with Gasteiger partial charge in [0.05, 0.1) is 18.0 Å². The Labute approximate surface area is 121 Å². The zero-order valence-corrected chi connectivity index (χ0v) is 13.1.